The molecule has 1 aliphatic heterocycles. The Kier molecular flexibility index (Phi) is 3.25. The number of aliphatic hydroxyl groups is 1. The lowest BCUT2D eigenvalue weighted by Gasteiger charge is -2.23. The van der Waals surface area contributed by atoms with E-state index in [2.05, 4.69) is 4.98 Å². The van der Waals surface area contributed by atoms with Gasteiger partial charge < -0.3 is 20.1 Å². The van der Waals surface area contributed by atoms with Gasteiger partial charge in [-0.15, -0.1) is 0 Å². The number of nitro groups is 1. The summed E-state index contributed by atoms with van der Waals surface area (Å²) in [5, 5.41) is 21.0. The molecule has 0 radical (unpaired) electrons. The first-order valence-electron chi connectivity index (χ1n) is 6.04. The second-order valence-electron chi connectivity index (χ2n) is 5.10. The van der Waals surface area contributed by atoms with Gasteiger partial charge in [0, 0.05) is 20.1 Å². The van der Waals surface area contributed by atoms with Crippen molar-refractivity contribution in [2.45, 2.75) is 31.8 Å². The van der Waals surface area contributed by atoms with Crippen molar-refractivity contribution in [1.29, 1.82) is 0 Å². The zero-order chi connectivity index (χ0) is 13.3. The molecule has 1 aromatic rings. The molecule has 0 spiro atoms. The third-order valence-corrected chi connectivity index (χ3v) is 3.42. The fourth-order valence-electron chi connectivity index (χ4n) is 2.38. The fraction of sp³-hybridized carbons (Fsp3) is 0.727. The average molecular weight is 254 g/mol. The first-order chi connectivity index (χ1) is 8.41. The summed E-state index contributed by atoms with van der Waals surface area (Å²) in [6.45, 7) is 3.12. The molecule has 1 aromatic heterocycles. The Morgan fingerprint density at radius 2 is 2.22 bits per heavy atom. The molecule has 0 aliphatic carbocycles. The van der Waals surface area contributed by atoms with E-state index in [0.29, 0.717) is 25.3 Å². The average Bonchev–Trinajstić information content (AvgIpc) is 2.56. The van der Waals surface area contributed by atoms with Crippen LogP contribution in [0.1, 0.15) is 26.2 Å². The number of nitrogens with zero attached hydrogens (tertiary/aromatic N) is 4. The van der Waals surface area contributed by atoms with Gasteiger partial charge >= 0.3 is 5.82 Å². The normalized spacial score (nSPS) is 24.9. The largest absolute Gasteiger partial charge is 0.406 e. The molecule has 0 amide bonds. The molecule has 0 bridgehead atoms. The Morgan fingerprint density at radius 3 is 2.89 bits per heavy atom. The van der Waals surface area contributed by atoms with Crippen LogP contribution in [0.25, 0.3) is 0 Å². The van der Waals surface area contributed by atoms with Crippen LogP contribution in [0.4, 0.5) is 11.6 Å². The summed E-state index contributed by atoms with van der Waals surface area (Å²) in [6, 6.07) is 0. The molecule has 0 aromatic carbocycles. The van der Waals surface area contributed by atoms with Crippen LogP contribution < -0.4 is 4.90 Å². The van der Waals surface area contributed by atoms with Crippen molar-refractivity contribution in [3.8, 4) is 0 Å². The monoisotopic (exact) mass is 254 g/mol. The van der Waals surface area contributed by atoms with Gasteiger partial charge in [-0.05, 0) is 36.1 Å². The number of aryl methyl sites for hydroxylation is 1. The van der Waals surface area contributed by atoms with E-state index in [4.69, 9.17) is 0 Å². The highest BCUT2D eigenvalue weighted by molar-refractivity contribution is 5.54. The molecular weight excluding hydrogens is 236 g/mol. The maximum Gasteiger partial charge on any atom is 0.406 e. The molecule has 7 heteroatoms. The third kappa shape index (κ3) is 2.45. The molecule has 18 heavy (non-hydrogen) atoms. The Labute approximate surface area is 105 Å². The first kappa shape index (κ1) is 12.8. The van der Waals surface area contributed by atoms with Crippen LogP contribution in [0, 0.1) is 10.1 Å². The van der Waals surface area contributed by atoms with Crippen molar-refractivity contribution in [1.82, 2.24) is 9.55 Å². The maximum absolute atomic E-state index is 10.9. The van der Waals surface area contributed by atoms with Gasteiger partial charge in [-0.1, -0.05) is 0 Å². The Morgan fingerprint density at radius 1 is 1.50 bits per heavy atom. The Bertz CT molecular complexity index is 455. The number of hydrogen-bond donors (Lipinski definition) is 1. The topological polar surface area (TPSA) is 84.4 Å². The van der Waals surface area contributed by atoms with Gasteiger partial charge in [0.25, 0.3) is 0 Å². The molecule has 2 heterocycles. The van der Waals surface area contributed by atoms with Crippen molar-refractivity contribution in [3.05, 3.63) is 16.4 Å². The van der Waals surface area contributed by atoms with E-state index >= 15 is 0 Å². The summed E-state index contributed by atoms with van der Waals surface area (Å²) in [4.78, 5) is 16.2. The predicted molar refractivity (Wildman–Crippen MR) is 66.6 cm³/mol. The zero-order valence-electron chi connectivity index (χ0n) is 10.7. The summed E-state index contributed by atoms with van der Waals surface area (Å²) in [6.07, 6.45) is 3.59. The fourth-order valence-corrected chi connectivity index (χ4v) is 2.38. The van der Waals surface area contributed by atoms with Crippen LogP contribution in [0.2, 0.25) is 0 Å². The standard InChI is InChI=1S/C11H18N4O3/c1-11(16)4-3-6-14(7-5-11)10-9(15(17)18)12-8-13(10)2/h8,16H,3-7H2,1-2H3. The van der Waals surface area contributed by atoms with Crippen molar-refractivity contribution in [2.75, 3.05) is 18.0 Å². The number of anilines is 1. The highest BCUT2D eigenvalue weighted by Gasteiger charge is 2.30. The van der Waals surface area contributed by atoms with Crippen LogP contribution in [0.5, 0.6) is 0 Å². The van der Waals surface area contributed by atoms with Crippen LogP contribution in [-0.4, -0.2) is 38.3 Å². The highest BCUT2D eigenvalue weighted by Crippen LogP contribution is 2.30. The minimum Gasteiger partial charge on any atom is -0.390 e. The predicted octanol–water partition coefficient (Wildman–Crippen LogP) is 1.07. The van der Waals surface area contributed by atoms with Crippen LogP contribution >= 0.6 is 0 Å². The molecule has 1 unspecified atom stereocenters. The molecule has 1 N–H and O–H groups in total. The lowest BCUT2D eigenvalue weighted by atomic mass is 9.98. The van der Waals surface area contributed by atoms with Crippen LogP contribution in [0.3, 0.4) is 0 Å². The molecule has 100 valence electrons. The minimum atomic E-state index is -0.678. The van der Waals surface area contributed by atoms with Gasteiger partial charge in [0.1, 0.15) is 0 Å². The van der Waals surface area contributed by atoms with Crippen molar-refractivity contribution < 1.29 is 10.0 Å². The summed E-state index contributed by atoms with van der Waals surface area (Å²) >= 11 is 0. The van der Waals surface area contributed by atoms with E-state index in [9.17, 15) is 15.2 Å². The molecular formula is C11H18N4O3. The highest BCUT2D eigenvalue weighted by atomic mass is 16.6. The van der Waals surface area contributed by atoms with E-state index < -0.39 is 10.5 Å². The van der Waals surface area contributed by atoms with E-state index in [1.807, 2.05) is 11.8 Å². The van der Waals surface area contributed by atoms with E-state index in [0.717, 1.165) is 12.8 Å². The molecule has 7 nitrogen and oxygen atoms in total. The second kappa shape index (κ2) is 4.56. The van der Waals surface area contributed by atoms with E-state index in [-0.39, 0.29) is 5.82 Å². The summed E-state index contributed by atoms with van der Waals surface area (Å²) in [7, 11) is 1.75. The second-order valence-corrected chi connectivity index (χ2v) is 5.10. The van der Waals surface area contributed by atoms with Gasteiger partial charge in [0.2, 0.25) is 12.1 Å². The zero-order valence-corrected chi connectivity index (χ0v) is 10.7. The number of aromatic nitrogens is 2. The van der Waals surface area contributed by atoms with Gasteiger partial charge in [-0.3, -0.25) is 4.57 Å². The molecule has 0 saturated carbocycles. The first-order valence-corrected chi connectivity index (χ1v) is 6.04. The third-order valence-electron chi connectivity index (χ3n) is 3.42. The van der Waals surface area contributed by atoms with Gasteiger partial charge in [-0.2, -0.15) is 0 Å². The van der Waals surface area contributed by atoms with E-state index in [1.54, 1.807) is 11.6 Å². The smallest absolute Gasteiger partial charge is 0.390 e. The number of rotatable bonds is 2. The molecule has 1 fully saturated rings. The SMILES string of the molecule is Cn1cnc([N+](=O)[O-])c1N1CCCC(C)(O)CC1. The molecule has 1 aliphatic rings. The minimum absolute atomic E-state index is 0.112. The van der Waals surface area contributed by atoms with Gasteiger partial charge in [0.05, 0.1) is 5.60 Å². The quantitative estimate of drug-likeness (QED) is 0.630. The Balaban J connectivity index is 2.26. The van der Waals surface area contributed by atoms with E-state index in [1.165, 1.54) is 6.33 Å². The van der Waals surface area contributed by atoms with Crippen LogP contribution in [0.15, 0.2) is 6.33 Å². The molecule has 1 atom stereocenters. The van der Waals surface area contributed by atoms with Crippen molar-refractivity contribution in [3.63, 3.8) is 0 Å². The lowest BCUT2D eigenvalue weighted by Crippen LogP contribution is -2.29. The number of imidazole rings is 1. The van der Waals surface area contributed by atoms with Crippen molar-refractivity contribution in [2.24, 2.45) is 7.05 Å². The summed E-state index contributed by atoms with van der Waals surface area (Å²) < 4.78 is 1.66. The molecule has 2 rings (SSSR count). The van der Waals surface area contributed by atoms with Gasteiger partial charge in [-0.25, -0.2) is 0 Å². The van der Waals surface area contributed by atoms with Gasteiger partial charge in [0.15, 0.2) is 0 Å². The maximum atomic E-state index is 10.9. The summed E-state index contributed by atoms with van der Waals surface area (Å²) in [5.41, 5.74) is -0.678. The number of hydrogen-bond acceptors (Lipinski definition) is 5. The molecule has 1 saturated heterocycles. The van der Waals surface area contributed by atoms with Crippen LogP contribution in [-0.2, 0) is 7.05 Å². The summed E-state index contributed by atoms with van der Waals surface area (Å²) in [5.74, 6) is 0.414. The van der Waals surface area contributed by atoms with Crippen molar-refractivity contribution >= 4 is 11.6 Å². The lowest BCUT2D eigenvalue weighted by molar-refractivity contribution is -0.388. The Hall–Kier alpha value is -1.63.